The number of carbonyl (C=O) groups excluding carboxylic acids is 1. The van der Waals surface area contributed by atoms with Crippen LogP contribution in [0.4, 0.5) is 0 Å². The predicted octanol–water partition coefficient (Wildman–Crippen LogP) is 2.12. The van der Waals surface area contributed by atoms with Gasteiger partial charge in [-0.25, -0.2) is 0 Å². The number of benzene rings is 1. The van der Waals surface area contributed by atoms with E-state index in [1.54, 1.807) is 12.3 Å². The molecule has 1 amide bonds. The number of fused-ring (bicyclic) bond motifs is 1. The van der Waals surface area contributed by atoms with E-state index in [9.17, 15) is 4.79 Å². The molecule has 5 heteroatoms. The molecule has 0 saturated carbocycles. The molecule has 0 fully saturated rings. The van der Waals surface area contributed by atoms with Crippen molar-refractivity contribution < 1.29 is 14.1 Å². The van der Waals surface area contributed by atoms with Gasteiger partial charge in [0.1, 0.15) is 0 Å². The van der Waals surface area contributed by atoms with Gasteiger partial charge in [0.25, 0.3) is 5.91 Å². The maximum Gasteiger partial charge on any atom is 0.258 e. The second kappa shape index (κ2) is 5.53. The predicted molar refractivity (Wildman–Crippen MR) is 67.4 cm³/mol. The van der Waals surface area contributed by atoms with Crippen molar-refractivity contribution in [2.45, 2.75) is 26.3 Å². The van der Waals surface area contributed by atoms with Crippen LogP contribution in [0.3, 0.4) is 0 Å². The molecule has 2 aromatic rings. The summed E-state index contributed by atoms with van der Waals surface area (Å²) in [5, 5.41) is 7.38. The quantitative estimate of drug-likeness (QED) is 0.880. The summed E-state index contributed by atoms with van der Waals surface area (Å²) in [5.41, 5.74) is 0.564. The fraction of sp³-hybridized carbons (Fsp3) is 0.385. The third-order valence-corrected chi connectivity index (χ3v) is 2.72. The number of amides is 1. The molecule has 0 aliphatic heterocycles. The van der Waals surface area contributed by atoms with Gasteiger partial charge in [0.05, 0.1) is 6.20 Å². The van der Waals surface area contributed by atoms with Crippen molar-refractivity contribution in [1.82, 2.24) is 10.5 Å². The van der Waals surface area contributed by atoms with Crippen LogP contribution in [0, 0.1) is 0 Å². The Morgan fingerprint density at radius 3 is 3.17 bits per heavy atom. The van der Waals surface area contributed by atoms with Crippen molar-refractivity contribution in [3.8, 4) is 5.75 Å². The minimum absolute atomic E-state index is 0.0237. The number of hydrogen-bond acceptors (Lipinski definition) is 4. The zero-order chi connectivity index (χ0) is 13.0. The lowest BCUT2D eigenvalue weighted by molar-refractivity contribution is -0.123. The lowest BCUT2D eigenvalue weighted by Crippen LogP contribution is -2.35. The number of ether oxygens (including phenoxy) is 1. The molecule has 0 bridgehead atoms. The summed E-state index contributed by atoms with van der Waals surface area (Å²) in [4.78, 5) is 11.6. The van der Waals surface area contributed by atoms with Crippen LogP contribution >= 0.6 is 0 Å². The summed E-state index contributed by atoms with van der Waals surface area (Å²) in [6.07, 6.45) is 2.50. The molecule has 0 spiro atoms. The van der Waals surface area contributed by atoms with Gasteiger partial charge < -0.3 is 14.6 Å². The van der Waals surface area contributed by atoms with Crippen LogP contribution in [0.1, 0.15) is 20.3 Å². The first-order chi connectivity index (χ1) is 8.70. The van der Waals surface area contributed by atoms with Crippen molar-refractivity contribution in [3.05, 3.63) is 24.4 Å². The Hall–Kier alpha value is -2.04. The number of hydrogen-bond donors (Lipinski definition) is 1. The third-order valence-electron chi connectivity index (χ3n) is 2.72. The molecular weight excluding hydrogens is 232 g/mol. The van der Waals surface area contributed by atoms with Crippen molar-refractivity contribution in [2.75, 3.05) is 6.61 Å². The molecule has 1 N–H and O–H groups in total. The highest BCUT2D eigenvalue weighted by molar-refractivity contribution is 5.83. The van der Waals surface area contributed by atoms with E-state index in [4.69, 9.17) is 9.26 Å². The van der Waals surface area contributed by atoms with Crippen molar-refractivity contribution in [3.63, 3.8) is 0 Å². The molecule has 96 valence electrons. The van der Waals surface area contributed by atoms with E-state index >= 15 is 0 Å². The first kappa shape index (κ1) is 12.4. The summed E-state index contributed by atoms with van der Waals surface area (Å²) in [5.74, 6) is 0.394. The fourth-order valence-electron chi connectivity index (χ4n) is 1.54. The van der Waals surface area contributed by atoms with E-state index in [-0.39, 0.29) is 18.6 Å². The zero-order valence-electron chi connectivity index (χ0n) is 10.5. The van der Waals surface area contributed by atoms with E-state index in [1.165, 1.54) is 0 Å². The Bertz CT molecular complexity index is 536. The molecular formula is C13H16N2O3. The molecule has 1 aromatic carbocycles. The van der Waals surface area contributed by atoms with Crippen molar-refractivity contribution in [2.24, 2.45) is 0 Å². The summed E-state index contributed by atoms with van der Waals surface area (Å²) >= 11 is 0. The Labute approximate surface area is 105 Å². The molecule has 0 aliphatic rings. The van der Waals surface area contributed by atoms with Gasteiger partial charge in [-0.05, 0) is 25.5 Å². The SMILES string of the molecule is CCC(C)NC(=O)COc1cccc2cnoc12. The van der Waals surface area contributed by atoms with Crippen LogP contribution in [0.25, 0.3) is 11.0 Å². The Morgan fingerprint density at radius 1 is 1.56 bits per heavy atom. The molecule has 0 aliphatic carbocycles. The molecule has 18 heavy (non-hydrogen) atoms. The van der Waals surface area contributed by atoms with Crippen LogP contribution in [-0.2, 0) is 4.79 Å². The highest BCUT2D eigenvalue weighted by atomic mass is 16.5. The molecule has 1 unspecified atom stereocenters. The van der Waals surface area contributed by atoms with Crippen molar-refractivity contribution >= 4 is 16.9 Å². The number of rotatable bonds is 5. The Morgan fingerprint density at radius 2 is 2.39 bits per heavy atom. The van der Waals surface area contributed by atoms with Gasteiger partial charge in [-0.1, -0.05) is 18.1 Å². The van der Waals surface area contributed by atoms with Gasteiger partial charge in [0.2, 0.25) is 5.58 Å². The Balaban J connectivity index is 1.98. The molecule has 1 aromatic heterocycles. The first-order valence-corrected chi connectivity index (χ1v) is 5.96. The van der Waals surface area contributed by atoms with Crippen LogP contribution in [0.5, 0.6) is 5.75 Å². The summed E-state index contributed by atoms with van der Waals surface area (Å²) in [7, 11) is 0. The molecule has 2 rings (SSSR count). The maximum atomic E-state index is 11.6. The lowest BCUT2D eigenvalue weighted by atomic mass is 10.2. The Kier molecular flexibility index (Phi) is 3.82. The highest BCUT2D eigenvalue weighted by Crippen LogP contribution is 2.24. The second-order valence-corrected chi connectivity index (χ2v) is 4.17. The topological polar surface area (TPSA) is 64.4 Å². The maximum absolute atomic E-state index is 11.6. The summed E-state index contributed by atoms with van der Waals surface area (Å²) in [6.45, 7) is 3.94. The standard InChI is InChI=1S/C13H16N2O3/c1-3-9(2)15-12(16)8-17-11-6-4-5-10-7-14-18-13(10)11/h4-7,9H,3,8H2,1-2H3,(H,15,16). The average molecular weight is 248 g/mol. The van der Waals surface area contributed by atoms with Gasteiger partial charge >= 0.3 is 0 Å². The molecule has 1 atom stereocenters. The highest BCUT2D eigenvalue weighted by Gasteiger charge is 2.10. The monoisotopic (exact) mass is 248 g/mol. The van der Waals surface area contributed by atoms with Gasteiger partial charge in [-0.2, -0.15) is 0 Å². The second-order valence-electron chi connectivity index (χ2n) is 4.17. The van der Waals surface area contributed by atoms with E-state index in [2.05, 4.69) is 10.5 Å². The minimum Gasteiger partial charge on any atom is -0.480 e. The summed E-state index contributed by atoms with van der Waals surface area (Å²) in [6, 6.07) is 5.62. The van der Waals surface area contributed by atoms with Gasteiger partial charge in [0, 0.05) is 11.4 Å². The largest absolute Gasteiger partial charge is 0.480 e. The van der Waals surface area contributed by atoms with Crippen LogP contribution in [0.2, 0.25) is 0 Å². The number of nitrogens with zero attached hydrogens (tertiary/aromatic N) is 1. The average Bonchev–Trinajstić information content (AvgIpc) is 2.84. The minimum atomic E-state index is -0.138. The first-order valence-electron chi connectivity index (χ1n) is 5.96. The normalized spacial score (nSPS) is 12.3. The molecule has 1 heterocycles. The molecule has 0 saturated heterocycles. The summed E-state index contributed by atoms with van der Waals surface area (Å²) < 4.78 is 10.5. The van der Waals surface area contributed by atoms with Gasteiger partial charge in [-0.3, -0.25) is 4.79 Å². The smallest absolute Gasteiger partial charge is 0.258 e. The lowest BCUT2D eigenvalue weighted by Gasteiger charge is -2.11. The molecule has 5 nitrogen and oxygen atoms in total. The number of aromatic nitrogens is 1. The fourth-order valence-corrected chi connectivity index (χ4v) is 1.54. The van der Waals surface area contributed by atoms with Crippen LogP contribution < -0.4 is 10.1 Å². The van der Waals surface area contributed by atoms with E-state index < -0.39 is 0 Å². The van der Waals surface area contributed by atoms with Gasteiger partial charge in [-0.15, -0.1) is 0 Å². The number of nitrogens with one attached hydrogen (secondary N) is 1. The third kappa shape index (κ3) is 2.80. The van der Waals surface area contributed by atoms with Gasteiger partial charge in [0.15, 0.2) is 12.4 Å². The molecule has 0 radical (unpaired) electrons. The van der Waals surface area contributed by atoms with Crippen molar-refractivity contribution in [1.29, 1.82) is 0 Å². The van der Waals surface area contributed by atoms with Crippen LogP contribution in [0.15, 0.2) is 28.9 Å². The van der Waals surface area contributed by atoms with E-state index in [0.717, 1.165) is 11.8 Å². The van der Waals surface area contributed by atoms with E-state index in [0.29, 0.717) is 11.3 Å². The number of para-hydroxylation sites is 1. The zero-order valence-corrected chi connectivity index (χ0v) is 10.5. The van der Waals surface area contributed by atoms with E-state index in [1.807, 2.05) is 26.0 Å². The van der Waals surface area contributed by atoms with Crippen LogP contribution in [-0.4, -0.2) is 23.7 Å². The number of carbonyl (C=O) groups is 1.